The first-order valence-electron chi connectivity index (χ1n) is 7.83. The van der Waals surface area contributed by atoms with Gasteiger partial charge in [0.15, 0.2) is 0 Å². The van der Waals surface area contributed by atoms with E-state index in [1.165, 1.54) is 0 Å². The molecule has 0 aliphatic carbocycles. The molecule has 1 N–H and O–H groups in total. The number of carbonyl (C=O) groups excluding carboxylic acids is 1. The van der Waals surface area contributed by atoms with Crippen molar-refractivity contribution in [2.24, 2.45) is 0 Å². The Morgan fingerprint density at radius 2 is 1.79 bits per heavy atom. The summed E-state index contributed by atoms with van der Waals surface area (Å²) < 4.78 is 5.31. The van der Waals surface area contributed by atoms with Crippen molar-refractivity contribution in [2.75, 3.05) is 5.32 Å². The van der Waals surface area contributed by atoms with E-state index in [0.717, 1.165) is 22.6 Å². The normalized spacial score (nSPS) is 11.9. The fourth-order valence-electron chi connectivity index (χ4n) is 2.37. The lowest BCUT2D eigenvalue weighted by Gasteiger charge is -2.14. The summed E-state index contributed by atoms with van der Waals surface area (Å²) in [6.07, 6.45) is 1.65. The van der Waals surface area contributed by atoms with Crippen molar-refractivity contribution in [2.45, 2.75) is 17.9 Å². The summed E-state index contributed by atoms with van der Waals surface area (Å²) in [4.78, 5) is 12.5. The Labute approximate surface area is 146 Å². The first-order valence-corrected chi connectivity index (χ1v) is 8.88. The van der Waals surface area contributed by atoms with Gasteiger partial charge in [0, 0.05) is 11.3 Å². The number of para-hydroxylation sites is 1. The minimum absolute atomic E-state index is 0.00469. The lowest BCUT2D eigenvalue weighted by atomic mass is 10.0. The smallest absolute Gasteiger partial charge is 0.237 e. The van der Waals surface area contributed by atoms with Crippen LogP contribution < -0.4 is 5.32 Å². The summed E-state index contributed by atoms with van der Waals surface area (Å²) >= 11 is 1.56. The largest absolute Gasteiger partial charge is 0.468 e. The summed E-state index contributed by atoms with van der Waals surface area (Å²) in [6, 6.07) is 21.7. The Bertz CT molecular complexity index is 784. The zero-order valence-corrected chi connectivity index (χ0v) is 14.3. The highest BCUT2D eigenvalue weighted by molar-refractivity contribution is 7.99. The second-order valence-corrected chi connectivity index (χ2v) is 6.76. The fraction of sp³-hybridized carbons (Fsp3) is 0.150. The number of thioether (sulfide) groups is 1. The van der Waals surface area contributed by atoms with Gasteiger partial charge in [-0.1, -0.05) is 48.5 Å². The standard InChI is InChI=1S/C20H19NO2S/c1-15(24-14-17-10-7-13-23-17)20(22)21-19-12-6-5-11-18(19)16-8-3-2-4-9-16/h2-13,15H,14H2,1H3,(H,21,22). The number of nitrogens with one attached hydrogen (secondary N) is 1. The van der Waals surface area contributed by atoms with Crippen LogP contribution in [-0.4, -0.2) is 11.2 Å². The summed E-state index contributed by atoms with van der Waals surface area (Å²) in [5, 5.41) is 2.88. The van der Waals surface area contributed by atoms with Crippen molar-refractivity contribution in [3.05, 3.63) is 78.8 Å². The molecule has 1 amide bonds. The molecule has 122 valence electrons. The number of hydrogen-bond donors (Lipinski definition) is 1. The Kier molecular flexibility index (Phi) is 5.39. The molecular weight excluding hydrogens is 318 g/mol. The molecule has 0 saturated carbocycles. The maximum atomic E-state index is 12.5. The molecular formula is C20H19NO2S. The number of carbonyl (C=O) groups is 1. The van der Waals surface area contributed by atoms with Crippen LogP contribution in [0.5, 0.6) is 0 Å². The van der Waals surface area contributed by atoms with E-state index in [4.69, 9.17) is 4.42 Å². The molecule has 3 aromatic rings. The zero-order chi connectivity index (χ0) is 16.8. The highest BCUT2D eigenvalue weighted by Crippen LogP contribution is 2.28. The highest BCUT2D eigenvalue weighted by atomic mass is 32.2. The van der Waals surface area contributed by atoms with Crippen LogP contribution in [-0.2, 0) is 10.5 Å². The number of hydrogen-bond acceptors (Lipinski definition) is 3. The lowest BCUT2D eigenvalue weighted by molar-refractivity contribution is -0.115. The molecule has 1 atom stereocenters. The van der Waals surface area contributed by atoms with Gasteiger partial charge in [0.05, 0.1) is 17.3 Å². The van der Waals surface area contributed by atoms with Crippen LogP contribution in [0.3, 0.4) is 0 Å². The molecule has 0 aliphatic heterocycles. The predicted molar refractivity (Wildman–Crippen MR) is 100.0 cm³/mol. The van der Waals surface area contributed by atoms with E-state index >= 15 is 0 Å². The minimum Gasteiger partial charge on any atom is -0.468 e. The Morgan fingerprint density at radius 1 is 1.04 bits per heavy atom. The van der Waals surface area contributed by atoms with Gasteiger partial charge < -0.3 is 9.73 Å². The van der Waals surface area contributed by atoms with Crippen molar-refractivity contribution in [1.82, 2.24) is 0 Å². The maximum Gasteiger partial charge on any atom is 0.237 e. The van der Waals surface area contributed by atoms with Crippen LogP contribution in [0.25, 0.3) is 11.1 Å². The molecule has 4 heteroatoms. The van der Waals surface area contributed by atoms with Gasteiger partial charge >= 0.3 is 0 Å². The molecule has 2 aromatic carbocycles. The average molecular weight is 337 g/mol. The Morgan fingerprint density at radius 3 is 2.54 bits per heavy atom. The van der Waals surface area contributed by atoms with E-state index in [-0.39, 0.29) is 11.2 Å². The van der Waals surface area contributed by atoms with Gasteiger partial charge in [-0.15, -0.1) is 11.8 Å². The predicted octanol–water partition coefficient (Wildman–Crippen LogP) is 5.21. The number of rotatable bonds is 6. The highest BCUT2D eigenvalue weighted by Gasteiger charge is 2.16. The van der Waals surface area contributed by atoms with E-state index in [0.29, 0.717) is 5.75 Å². The van der Waals surface area contributed by atoms with Gasteiger partial charge in [-0.3, -0.25) is 4.79 Å². The van der Waals surface area contributed by atoms with E-state index in [9.17, 15) is 4.79 Å². The van der Waals surface area contributed by atoms with Gasteiger partial charge in [0.2, 0.25) is 5.91 Å². The van der Waals surface area contributed by atoms with Crippen LogP contribution in [0.2, 0.25) is 0 Å². The molecule has 3 rings (SSSR count). The van der Waals surface area contributed by atoms with Gasteiger partial charge in [-0.25, -0.2) is 0 Å². The average Bonchev–Trinajstić information content (AvgIpc) is 3.14. The number of benzene rings is 2. The second kappa shape index (κ2) is 7.88. The first kappa shape index (κ1) is 16.4. The molecule has 1 heterocycles. The molecule has 0 aliphatic rings. The van der Waals surface area contributed by atoms with E-state index < -0.39 is 0 Å². The Balaban J connectivity index is 1.68. The molecule has 0 radical (unpaired) electrons. The lowest BCUT2D eigenvalue weighted by Crippen LogP contribution is -2.22. The first-order chi connectivity index (χ1) is 11.7. The summed E-state index contributed by atoms with van der Waals surface area (Å²) in [5.74, 6) is 1.56. The van der Waals surface area contributed by atoms with Gasteiger partial charge in [-0.05, 0) is 30.7 Å². The van der Waals surface area contributed by atoms with Gasteiger partial charge in [0.1, 0.15) is 5.76 Å². The van der Waals surface area contributed by atoms with Crippen LogP contribution >= 0.6 is 11.8 Å². The Hall–Kier alpha value is -2.46. The third kappa shape index (κ3) is 4.09. The topological polar surface area (TPSA) is 42.2 Å². The van der Waals surface area contributed by atoms with E-state index in [1.54, 1.807) is 18.0 Å². The quantitative estimate of drug-likeness (QED) is 0.671. The summed E-state index contributed by atoms with van der Waals surface area (Å²) in [7, 11) is 0. The molecule has 0 bridgehead atoms. The molecule has 24 heavy (non-hydrogen) atoms. The van der Waals surface area contributed by atoms with Crippen LogP contribution in [0, 0.1) is 0 Å². The second-order valence-electron chi connectivity index (χ2n) is 5.43. The number of anilines is 1. The van der Waals surface area contributed by atoms with Crippen molar-refractivity contribution in [3.8, 4) is 11.1 Å². The van der Waals surface area contributed by atoms with Crippen molar-refractivity contribution in [1.29, 1.82) is 0 Å². The molecule has 0 fully saturated rings. The van der Waals surface area contributed by atoms with Crippen LogP contribution in [0.4, 0.5) is 5.69 Å². The minimum atomic E-state index is -0.168. The molecule has 0 saturated heterocycles. The zero-order valence-electron chi connectivity index (χ0n) is 13.4. The van der Waals surface area contributed by atoms with Crippen molar-refractivity contribution >= 4 is 23.4 Å². The van der Waals surface area contributed by atoms with Crippen LogP contribution in [0.1, 0.15) is 12.7 Å². The summed E-state index contributed by atoms with van der Waals surface area (Å²) in [6.45, 7) is 1.91. The van der Waals surface area contributed by atoms with E-state index in [1.807, 2.05) is 73.7 Å². The maximum absolute atomic E-state index is 12.5. The third-order valence-corrected chi connectivity index (χ3v) is 4.86. The number of amides is 1. The van der Waals surface area contributed by atoms with Gasteiger partial charge in [-0.2, -0.15) is 0 Å². The number of furan rings is 1. The van der Waals surface area contributed by atoms with Crippen LogP contribution in [0.15, 0.2) is 77.4 Å². The van der Waals surface area contributed by atoms with Crippen molar-refractivity contribution in [3.63, 3.8) is 0 Å². The molecule has 1 aromatic heterocycles. The third-order valence-electron chi connectivity index (χ3n) is 3.69. The molecule has 3 nitrogen and oxygen atoms in total. The van der Waals surface area contributed by atoms with E-state index in [2.05, 4.69) is 5.32 Å². The van der Waals surface area contributed by atoms with Gasteiger partial charge in [0.25, 0.3) is 0 Å². The monoisotopic (exact) mass is 337 g/mol. The fourth-order valence-corrected chi connectivity index (χ4v) is 3.16. The molecule has 0 spiro atoms. The molecule has 1 unspecified atom stereocenters. The van der Waals surface area contributed by atoms with Crippen molar-refractivity contribution < 1.29 is 9.21 Å². The summed E-state index contributed by atoms with van der Waals surface area (Å²) in [5.41, 5.74) is 2.94. The SMILES string of the molecule is CC(SCc1ccco1)C(=O)Nc1ccccc1-c1ccccc1.